The van der Waals surface area contributed by atoms with Gasteiger partial charge in [-0.2, -0.15) is 5.10 Å². The van der Waals surface area contributed by atoms with Crippen molar-refractivity contribution in [2.45, 2.75) is 32.2 Å². The number of amides is 1. The van der Waals surface area contributed by atoms with Crippen LogP contribution in [-0.4, -0.2) is 22.1 Å². The second-order valence-corrected chi connectivity index (χ2v) is 4.06. The Morgan fingerprint density at radius 2 is 2.60 bits per heavy atom. The average Bonchev–Trinajstić information content (AvgIpc) is 2.76. The number of nitrogen functional groups attached to an aromatic ring is 1. The zero-order valence-corrected chi connectivity index (χ0v) is 8.79. The molecule has 2 rings (SSSR count). The number of aromatic amines is 1. The molecule has 1 fully saturated rings. The molecule has 2 atom stereocenters. The van der Waals surface area contributed by atoms with E-state index in [1.165, 1.54) is 19.0 Å². The molecule has 0 bridgehead atoms. The third kappa shape index (κ3) is 2.11. The maximum absolute atomic E-state index is 11.7. The molecule has 82 valence electrons. The molecular weight excluding hydrogens is 192 g/mol. The van der Waals surface area contributed by atoms with Crippen LogP contribution in [0.25, 0.3) is 0 Å². The van der Waals surface area contributed by atoms with Crippen molar-refractivity contribution in [3.8, 4) is 0 Å². The largest absolute Gasteiger partial charge is 0.396 e. The summed E-state index contributed by atoms with van der Waals surface area (Å²) in [6.45, 7) is 2.16. The summed E-state index contributed by atoms with van der Waals surface area (Å²) >= 11 is 0. The number of carbonyl (C=O) groups is 1. The first-order chi connectivity index (χ1) is 7.22. The molecule has 1 heterocycles. The molecular formula is C10H16N4O. The maximum atomic E-state index is 11.7. The van der Waals surface area contributed by atoms with Crippen molar-refractivity contribution in [2.75, 3.05) is 5.73 Å². The monoisotopic (exact) mass is 208 g/mol. The van der Waals surface area contributed by atoms with Crippen molar-refractivity contribution in [1.29, 1.82) is 0 Å². The van der Waals surface area contributed by atoms with E-state index in [0.29, 0.717) is 23.3 Å². The number of hydrogen-bond acceptors (Lipinski definition) is 3. The predicted molar refractivity (Wildman–Crippen MR) is 57.3 cm³/mol. The van der Waals surface area contributed by atoms with Crippen LogP contribution in [0.3, 0.4) is 0 Å². The van der Waals surface area contributed by atoms with Gasteiger partial charge in [0.15, 0.2) is 0 Å². The molecule has 1 amide bonds. The van der Waals surface area contributed by atoms with E-state index in [1.807, 2.05) is 0 Å². The molecule has 1 aromatic rings. The number of aromatic nitrogens is 2. The molecule has 1 aliphatic carbocycles. The van der Waals surface area contributed by atoms with Crippen LogP contribution in [0.1, 0.15) is 36.7 Å². The fraction of sp³-hybridized carbons (Fsp3) is 0.600. The van der Waals surface area contributed by atoms with Crippen LogP contribution in [0.2, 0.25) is 0 Å². The van der Waals surface area contributed by atoms with E-state index < -0.39 is 0 Å². The molecule has 5 nitrogen and oxygen atoms in total. The van der Waals surface area contributed by atoms with Gasteiger partial charge in [-0.15, -0.1) is 0 Å². The Kier molecular flexibility index (Phi) is 2.62. The Balaban J connectivity index is 1.87. The van der Waals surface area contributed by atoms with Gasteiger partial charge in [0, 0.05) is 6.04 Å². The summed E-state index contributed by atoms with van der Waals surface area (Å²) in [7, 11) is 0. The van der Waals surface area contributed by atoms with E-state index in [1.54, 1.807) is 0 Å². The van der Waals surface area contributed by atoms with Crippen molar-refractivity contribution in [2.24, 2.45) is 5.92 Å². The summed E-state index contributed by atoms with van der Waals surface area (Å²) in [5.41, 5.74) is 6.35. The SMILES string of the molecule is CCCC1CC1NC(=O)c1[nH]ncc1N. The summed E-state index contributed by atoms with van der Waals surface area (Å²) in [4.78, 5) is 11.7. The zero-order chi connectivity index (χ0) is 10.8. The predicted octanol–water partition coefficient (Wildman–Crippen LogP) is 0.910. The number of anilines is 1. The van der Waals surface area contributed by atoms with Crippen molar-refractivity contribution >= 4 is 11.6 Å². The first-order valence-corrected chi connectivity index (χ1v) is 5.32. The fourth-order valence-corrected chi connectivity index (χ4v) is 1.83. The lowest BCUT2D eigenvalue weighted by Crippen LogP contribution is -2.27. The van der Waals surface area contributed by atoms with Crippen LogP contribution in [0, 0.1) is 5.92 Å². The molecule has 4 N–H and O–H groups in total. The van der Waals surface area contributed by atoms with Gasteiger partial charge in [-0.05, 0) is 18.8 Å². The molecule has 1 aromatic heterocycles. The lowest BCUT2D eigenvalue weighted by molar-refractivity contribution is 0.0944. The van der Waals surface area contributed by atoms with Gasteiger partial charge in [-0.1, -0.05) is 13.3 Å². The van der Waals surface area contributed by atoms with Crippen LogP contribution in [0.15, 0.2) is 6.20 Å². The van der Waals surface area contributed by atoms with Gasteiger partial charge in [-0.3, -0.25) is 9.89 Å². The van der Waals surface area contributed by atoms with Crippen LogP contribution in [-0.2, 0) is 0 Å². The summed E-state index contributed by atoms with van der Waals surface area (Å²) in [6, 6.07) is 0.333. The average molecular weight is 208 g/mol. The highest BCUT2D eigenvalue weighted by Crippen LogP contribution is 2.34. The van der Waals surface area contributed by atoms with E-state index in [4.69, 9.17) is 5.73 Å². The van der Waals surface area contributed by atoms with Gasteiger partial charge >= 0.3 is 0 Å². The Hall–Kier alpha value is -1.52. The summed E-state index contributed by atoms with van der Waals surface area (Å²) in [5.74, 6) is 0.511. The quantitative estimate of drug-likeness (QED) is 0.687. The molecule has 1 saturated carbocycles. The Morgan fingerprint density at radius 3 is 3.20 bits per heavy atom. The number of H-pyrrole nitrogens is 1. The molecule has 0 spiro atoms. The van der Waals surface area contributed by atoms with Gasteiger partial charge in [0.05, 0.1) is 11.9 Å². The lowest BCUT2D eigenvalue weighted by atomic mass is 10.2. The molecule has 2 unspecified atom stereocenters. The van der Waals surface area contributed by atoms with Gasteiger partial charge in [0.1, 0.15) is 5.69 Å². The van der Waals surface area contributed by atoms with E-state index >= 15 is 0 Å². The van der Waals surface area contributed by atoms with Gasteiger partial charge in [0.2, 0.25) is 0 Å². The highest BCUT2D eigenvalue weighted by Gasteiger charge is 2.37. The highest BCUT2D eigenvalue weighted by atomic mass is 16.2. The van der Waals surface area contributed by atoms with Crippen molar-refractivity contribution in [1.82, 2.24) is 15.5 Å². The number of rotatable bonds is 4. The standard InChI is InChI=1S/C10H16N4O/c1-2-3-6-4-8(6)13-10(15)9-7(11)5-12-14-9/h5-6,8H,2-4,11H2,1H3,(H,12,14)(H,13,15). The van der Waals surface area contributed by atoms with E-state index in [9.17, 15) is 4.79 Å². The Bertz CT molecular complexity index is 360. The number of carbonyl (C=O) groups excluding carboxylic acids is 1. The molecule has 15 heavy (non-hydrogen) atoms. The minimum absolute atomic E-state index is 0.145. The van der Waals surface area contributed by atoms with Gasteiger partial charge < -0.3 is 11.1 Å². The van der Waals surface area contributed by atoms with E-state index in [0.717, 1.165) is 6.42 Å². The third-order valence-electron chi connectivity index (χ3n) is 2.79. The Morgan fingerprint density at radius 1 is 1.80 bits per heavy atom. The zero-order valence-electron chi connectivity index (χ0n) is 8.79. The maximum Gasteiger partial charge on any atom is 0.271 e. The fourth-order valence-electron chi connectivity index (χ4n) is 1.83. The lowest BCUT2D eigenvalue weighted by Gasteiger charge is -2.02. The molecule has 0 radical (unpaired) electrons. The molecule has 5 heteroatoms. The summed E-state index contributed by atoms with van der Waals surface area (Å²) < 4.78 is 0. The van der Waals surface area contributed by atoms with Gasteiger partial charge in [0.25, 0.3) is 5.91 Å². The minimum Gasteiger partial charge on any atom is -0.396 e. The van der Waals surface area contributed by atoms with Crippen LogP contribution in [0.4, 0.5) is 5.69 Å². The number of hydrogen-bond donors (Lipinski definition) is 3. The molecule has 0 saturated heterocycles. The normalized spacial score (nSPS) is 23.8. The van der Waals surface area contributed by atoms with Crippen molar-refractivity contribution < 1.29 is 4.79 Å². The number of nitrogens with two attached hydrogens (primary N) is 1. The van der Waals surface area contributed by atoms with Crippen LogP contribution in [0.5, 0.6) is 0 Å². The van der Waals surface area contributed by atoms with Crippen molar-refractivity contribution in [3.05, 3.63) is 11.9 Å². The molecule has 0 aromatic carbocycles. The third-order valence-corrected chi connectivity index (χ3v) is 2.79. The molecule has 0 aliphatic heterocycles. The second kappa shape index (κ2) is 3.92. The van der Waals surface area contributed by atoms with E-state index in [-0.39, 0.29) is 5.91 Å². The summed E-state index contributed by atoms with van der Waals surface area (Å²) in [6.07, 6.45) is 4.89. The molecule has 1 aliphatic rings. The van der Waals surface area contributed by atoms with Gasteiger partial charge in [-0.25, -0.2) is 0 Å². The van der Waals surface area contributed by atoms with E-state index in [2.05, 4.69) is 22.4 Å². The number of nitrogens with one attached hydrogen (secondary N) is 2. The van der Waals surface area contributed by atoms with Crippen LogP contribution >= 0.6 is 0 Å². The number of nitrogens with zero attached hydrogens (tertiary/aromatic N) is 1. The smallest absolute Gasteiger partial charge is 0.271 e. The first kappa shape index (κ1) is 10.0. The van der Waals surface area contributed by atoms with Crippen molar-refractivity contribution in [3.63, 3.8) is 0 Å². The second-order valence-electron chi connectivity index (χ2n) is 4.06. The summed E-state index contributed by atoms with van der Waals surface area (Å²) in [5, 5.41) is 9.25. The minimum atomic E-state index is -0.145. The highest BCUT2D eigenvalue weighted by molar-refractivity contribution is 5.97. The van der Waals surface area contributed by atoms with Crippen LogP contribution < -0.4 is 11.1 Å². The Labute approximate surface area is 88.4 Å². The topological polar surface area (TPSA) is 83.8 Å². The first-order valence-electron chi connectivity index (χ1n) is 5.32.